The molecule has 162 valence electrons. The summed E-state index contributed by atoms with van der Waals surface area (Å²) in [5, 5.41) is 4.22. The van der Waals surface area contributed by atoms with E-state index in [0.717, 1.165) is 11.1 Å². The highest BCUT2D eigenvalue weighted by Crippen LogP contribution is 2.34. The minimum atomic E-state index is -0.426. The number of nitrogens with one attached hydrogen (secondary N) is 1. The number of ether oxygens (including phenoxy) is 1. The molecular formula is C25H20Cl2N2O3. The fourth-order valence-corrected chi connectivity index (χ4v) is 3.89. The molecule has 0 aromatic heterocycles. The summed E-state index contributed by atoms with van der Waals surface area (Å²) in [5.74, 6) is -0.219. The van der Waals surface area contributed by atoms with Gasteiger partial charge in [-0.15, -0.1) is 0 Å². The average Bonchev–Trinajstić information content (AvgIpc) is 3.01. The molecule has 0 unspecified atom stereocenters. The molecule has 4 rings (SSSR count). The first-order valence-corrected chi connectivity index (χ1v) is 10.7. The fraction of sp³-hybridized carbons (Fsp3) is 0.120. The number of methoxy groups -OCH3 is 1. The highest BCUT2D eigenvalue weighted by atomic mass is 35.5. The van der Waals surface area contributed by atoms with Crippen LogP contribution in [0.5, 0.6) is 5.75 Å². The average molecular weight is 467 g/mol. The van der Waals surface area contributed by atoms with Crippen molar-refractivity contribution in [3.63, 3.8) is 0 Å². The Bertz CT molecular complexity index is 1240. The van der Waals surface area contributed by atoms with Crippen molar-refractivity contribution in [2.45, 2.75) is 13.5 Å². The van der Waals surface area contributed by atoms with Crippen molar-refractivity contribution in [2.75, 3.05) is 12.4 Å². The number of halogens is 2. The molecule has 0 atom stereocenters. The minimum absolute atomic E-state index is 0.0818. The molecule has 0 radical (unpaired) electrons. The van der Waals surface area contributed by atoms with Gasteiger partial charge in [0.2, 0.25) is 0 Å². The van der Waals surface area contributed by atoms with Gasteiger partial charge in [0, 0.05) is 21.3 Å². The van der Waals surface area contributed by atoms with E-state index < -0.39 is 11.8 Å². The Labute approximate surface area is 196 Å². The highest BCUT2D eigenvalue weighted by Gasteiger charge is 2.39. The molecule has 3 aromatic carbocycles. The lowest BCUT2D eigenvalue weighted by atomic mass is 10.0. The van der Waals surface area contributed by atoms with Crippen molar-refractivity contribution in [1.82, 2.24) is 4.90 Å². The molecule has 0 spiro atoms. The predicted octanol–water partition coefficient (Wildman–Crippen LogP) is 5.70. The third kappa shape index (κ3) is 4.22. The number of aryl methyl sites for hydroxylation is 1. The van der Waals surface area contributed by atoms with Crippen LogP contribution in [0.3, 0.4) is 0 Å². The van der Waals surface area contributed by atoms with E-state index in [1.165, 1.54) is 4.90 Å². The number of hydrogen-bond acceptors (Lipinski definition) is 4. The summed E-state index contributed by atoms with van der Waals surface area (Å²) in [7, 11) is 1.55. The van der Waals surface area contributed by atoms with Gasteiger partial charge >= 0.3 is 0 Å². The fourth-order valence-electron chi connectivity index (χ4n) is 3.59. The van der Waals surface area contributed by atoms with Gasteiger partial charge in [0.15, 0.2) is 0 Å². The van der Waals surface area contributed by atoms with E-state index in [2.05, 4.69) is 5.32 Å². The van der Waals surface area contributed by atoms with E-state index in [4.69, 9.17) is 27.9 Å². The van der Waals surface area contributed by atoms with Crippen LogP contribution in [0, 0.1) is 6.92 Å². The lowest BCUT2D eigenvalue weighted by molar-refractivity contribution is -0.137. The molecule has 0 bridgehead atoms. The van der Waals surface area contributed by atoms with Crippen molar-refractivity contribution < 1.29 is 14.3 Å². The Morgan fingerprint density at radius 3 is 2.31 bits per heavy atom. The largest absolute Gasteiger partial charge is 0.496 e. The number of para-hydroxylation sites is 1. The predicted molar refractivity (Wildman–Crippen MR) is 127 cm³/mol. The first-order valence-electron chi connectivity index (χ1n) is 9.90. The first-order chi connectivity index (χ1) is 15.4. The molecule has 0 aliphatic carbocycles. The van der Waals surface area contributed by atoms with Crippen LogP contribution < -0.4 is 10.1 Å². The SMILES string of the molecule is COc1ccccc1CN1C(=O)C(Nc2cc(Cl)ccc2C)=C(c2ccc(Cl)cc2)C1=O. The Balaban J connectivity index is 1.78. The molecular weight excluding hydrogens is 447 g/mol. The zero-order valence-electron chi connectivity index (χ0n) is 17.5. The Kier molecular flexibility index (Phi) is 6.21. The molecule has 1 aliphatic rings. The van der Waals surface area contributed by atoms with E-state index >= 15 is 0 Å². The van der Waals surface area contributed by atoms with E-state index in [1.807, 2.05) is 31.2 Å². The molecule has 0 saturated carbocycles. The summed E-state index contributed by atoms with van der Waals surface area (Å²) in [6.07, 6.45) is 0. The topological polar surface area (TPSA) is 58.6 Å². The van der Waals surface area contributed by atoms with Gasteiger partial charge in [-0.05, 0) is 48.4 Å². The van der Waals surface area contributed by atoms with Crippen molar-refractivity contribution in [3.05, 3.63) is 99.2 Å². The summed E-state index contributed by atoms with van der Waals surface area (Å²) in [5.41, 5.74) is 3.34. The molecule has 2 amide bonds. The maximum absolute atomic E-state index is 13.5. The highest BCUT2D eigenvalue weighted by molar-refractivity contribution is 6.37. The second-order valence-electron chi connectivity index (χ2n) is 7.35. The molecule has 1 N–H and O–H groups in total. The minimum Gasteiger partial charge on any atom is -0.496 e. The van der Waals surface area contributed by atoms with Crippen molar-refractivity contribution in [1.29, 1.82) is 0 Å². The van der Waals surface area contributed by atoms with Crippen molar-refractivity contribution in [3.8, 4) is 5.75 Å². The zero-order valence-corrected chi connectivity index (χ0v) is 19.0. The summed E-state index contributed by atoms with van der Waals surface area (Å²) >= 11 is 12.2. The number of hydrogen-bond donors (Lipinski definition) is 1. The number of amides is 2. The first kappa shape index (κ1) is 21.9. The number of rotatable bonds is 6. The van der Waals surface area contributed by atoms with Crippen LogP contribution in [-0.4, -0.2) is 23.8 Å². The van der Waals surface area contributed by atoms with Crippen molar-refractivity contribution in [2.24, 2.45) is 0 Å². The van der Waals surface area contributed by atoms with E-state index in [-0.39, 0.29) is 17.8 Å². The summed E-state index contributed by atoms with van der Waals surface area (Å²) < 4.78 is 5.39. The number of nitrogens with zero attached hydrogens (tertiary/aromatic N) is 1. The van der Waals surface area contributed by atoms with Crippen LogP contribution in [0.15, 0.2) is 72.4 Å². The Morgan fingerprint density at radius 2 is 1.59 bits per heavy atom. The van der Waals surface area contributed by atoms with Crippen molar-refractivity contribution >= 4 is 46.3 Å². The van der Waals surface area contributed by atoms with Crippen LogP contribution in [0.4, 0.5) is 5.69 Å². The zero-order chi connectivity index (χ0) is 22.8. The smallest absolute Gasteiger partial charge is 0.278 e. The van der Waals surface area contributed by atoms with Gasteiger partial charge in [0.25, 0.3) is 11.8 Å². The number of imide groups is 1. The van der Waals surface area contributed by atoms with Crippen LogP contribution in [0.1, 0.15) is 16.7 Å². The van der Waals surface area contributed by atoms with Crippen LogP contribution >= 0.6 is 23.2 Å². The third-order valence-corrected chi connectivity index (χ3v) is 5.77. The number of benzene rings is 3. The standard InChI is InChI=1S/C25H20Cl2N2O3/c1-15-7-10-19(27)13-20(15)28-23-22(16-8-11-18(26)12-9-16)24(30)29(25(23)31)14-17-5-3-4-6-21(17)32-2/h3-13,28H,14H2,1-2H3. The third-order valence-electron chi connectivity index (χ3n) is 5.28. The Morgan fingerprint density at radius 1 is 0.906 bits per heavy atom. The number of carbonyl (C=O) groups excluding carboxylic acids is 2. The van der Waals surface area contributed by atoms with Crippen LogP contribution in [0.2, 0.25) is 10.0 Å². The molecule has 5 nitrogen and oxygen atoms in total. The normalized spacial score (nSPS) is 13.7. The molecule has 7 heteroatoms. The second kappa shape index (κ2) is 9.07. The molecule has 0 fully saturated rings. The number of carbonyl (C=O) groups is 2. The number of anilines is 1. The summed E-state index contributed by atoms with van der Waals surface area (Å²) in [6, 6.07) is 19.5. The quantitative estimate of drug-likeness (QED) is 0.473. The lowest BCUT2D eigenvalue weighted by Crippen LogP contribution is -2.32. The lowest BCUT2D eigenvalue weighted by Gasteiger charge is -2.17. The van der Waals surface area contributed by atoms with E-state index in [9.17, 15) is 9.59 Å². The Hall–Kier alpha value is -3.28. The maximum atomic E-state index is 13.5. The monoisotopic (exact) mass is 466 g/mol. The van der Waals surface area contributed by atoms with Crippen LogP contribution in [-0.2, 0) is 16.1 Å². The molecule has 1 heterocycles. The van der Waals surface area contributed by atoms with Gasteiger partial charge in [-0.3, -0.25) is 14.5 Å². The molecule has 3 aromatic rings. The van der Waals surface area contributed by atoms with Gasteiger partial charge in [-0.1, -0.05) is 59.6 Å². The van der Waals surface area contributed by atoms with Gasteiger partial charge < -0.3 is 10.1 Å². The summed E-state index contributed by atoms with van der Waals surface area (Å²) in [6.45, 7) is 1.98. The van der Waals surface area contributed by atoms with Gasteiger partial charge in [-0.25, -0.2) is 0 Å². The van der Waals surface area contributed by atoms with Gasteiger partial charge in [0.1, 0.15) is 11.4 Å². The summed E-state index contributed by atoms with van der Waals surface area (Å²) in [4.78, 5) is 28.1. The van der Waals surface area contributed by atoms with Crippen LogP contribution in [0.25, 0.3) is 5.57 Å². The van der Waals surface area contributed by atoms with Gasteiger partial charge in [-0.2, -0.15) is 0 Å². The molecule has 32 heavy (non-hydrogen) atoms. The van der Waals surface area contributed by atoms with Gasteiger partial charge in [0.05, 0.1) is 19.2 Å². The van der Waals surface area contributed by atoms with E-state index in [1.54, 1.807) is 49.6 Å². The molecule has 1 aliphatic heterocycles. The second-order valence-corrected chi connectivity index (χ2v) is 8.22. The molecule has 0 saturated heterocycles. The maximum Gasteiger partial charge on any atom is 0.278 e. The van der Waals surface area contributed by atoms with E-state index in [0.29, 0.717) is 27.0 Å².